The van der Waals surface area contributed by atoms with Crippen LogP contribution in [0, 0.1) is 11.3 Å². The third-order valence-corrected chi connectivity index (χ3v) is 2.75. The highest BCUT2D eigenvalue weighted by Gasteiger charge is 2.23. The van der Waals surface area contributed by atoms with Crippen LogP contribution in [-0.2, 0) is 0 Å². The fourth-order valence-corrected chi connectivity index (χ4v) is 1.49. The summed E-state index contributed by atoms with van der Waals surface area (Å²) in [5, 5.41) is 18.6. The Morgan fingerprint density at radius 3 is 2.53 bits per heavy atom. The zero-order valence-electron chi connectivity index (χ0n) is 9.14. The van der Waals surface area contributed by atoms with Gasteiger partial charge in [0.1, 0.15) is 18.2 Å². The van der Waals surface area contributed by atoms with Gasteiger partial charge >= 0.3 is 0 Å². The van der Waals surface area contributed by atoms with Crippen LogP contribution < -0.4 is 4.90 Å². The summed E-state index contributed by atoms with van der Waals surface area (Å²) in [4.78, 5) is 1.02. The van der Waals surface area contributed by atoms with E-state index in [1.165, 1.54) is 0 Å². The highest BCUT2D eigenvalue weighted by atomic mass is 16.3. The van der Waals surface area contributed by atoms with E-state index in [1.807, 2.05) is 44.3 Å². The Morgan fingerprint density at radius 1 is 1.40 bits per heavy atom. The van der Waals surface area contributed by atoms with Gasteiger partial charge < -0.3 is 10.0 Å². The van der Waals surface area contributed by atoms with Gasteiger partial charge in [-0.1, -0.05) is 30.3 Å². The molecule has 80 valence electrons. The van der Waals surface area contributed by atoms with Gasteiger partial charge in [0, 0.05) is 0 Å². The first kappa shape index (κ1) is 11.7. The van der Waals surface area contributed by atoms with Gasteiger partial charge in [-0.15, -0.1) is 0 Å². The number of quaternary nitrogens is 1. The van der Waals surface area contributed by atoms with Crippen LogP contribution in [0.2, 0.25) is 0 Å². The van der Waals surface area contributed by atoms with E-state index in [1.54, 1.807) is 0 Å². The van der Waals surface area contributed by atoms with Crippen molar-refractivity contribution in [2.45, 2.75) is 19.1 Å². The van der Waals surface area contributed by atoms with Gasteiger partial charge in [-0.3, -0.25) is 0 Å². The van der Waals surface area contributed by atoms with Gasteiger partial charge in [-0.2, -0.15) is 5.26 Å². The molecule has 0 amide bonds. The number of nitriles is 1. The molecule has 3 heteroatoms. The monoisotopic (exact) mass is 205 g/mol. The van der Waals surface area contributed by atoms with E-state index in [0.29, 0.717) is 6.54 Å². The molecular formula is C12H17N2O+. The van der Waals surface area contributed by atoms with Crippen molar-refractivity contribution >= 4 is 0 Å². The molecule has 3 atom stereocenters. The predicted molar refractivity (Wildman–Crippen MR) is 58.2 cm³/mol. The number of aliphatic hydroxyl groups excluding tert-OH is 1. The molecular weight excluding hydrogens is 188 g/mol. The van der Waals surface area contributed by atoms with Crippen LogP contribution in [0.1, 0.15) is 18.6 Å². The Kier molecular flexibility index (Phi) is 4.29. The van der Waals surface area contributed by atoms with Gasteiger partial charge in [0.25, 0.3) is 0 Å². The summed E-state index contributed by atoms with van der Waals surface area (Å²) in [7, 11) is 1.92. The Balaban J connectivity index is 2.69. The average Bonchev–Trinajstić information content (AvgIpc) is 2.28. The Labute approximate surface area is 90.6 Å². The number of hydrogen-bond donors (Lipinski definition) is 2. The second kappa shape index (κ2) is 5.50. The van der Waals surface area contributed by atoms with Crippen LogP contribution >= 0.6 is 0 Å². The lowest BCUT2D eigenvalue weighted by Gasteiger charge is -2.24. The topological polar surface area (TPSA) is 48.5 Å². The van der Waals surface area contributed by atoms with Gasteiger partial charge in [0.15, 0.2) is 6.54 Å². The number of rotatable bonds is 4. The van der Waals surface area contributed by atoms with E-state index in [9.17, 15) is 5.11 Å². The van der Waals surface area contributed by atoms with Gasteiger partial charge in [-0.25, -0.2) is 0 Å². The third-order valence-electron chi connectivity index (χ3n) is 2.75. The van der Waals surface area contributed by atoms with E-state index < -0.39 is 6.10 Å². The third kappa shape index (κ3) is 3.05. The molecule has 0 saturated heterocycles. The van der Waals surface area contributed by atoms with E-state index in [2.05, 4.69) is 6.07 Å². The molecule has 0 aromatic heterocycles. The zero-order chi connectivity index (χ0) is 11.3. The molecule has 1 rings (SSSR count). The molecule has 15 heavy (non-hydrogen) atoms. The quantitative estimate of drug-likeness (QED) is 0.687. The summed E-state index contributed by atoms with van der Waals surface area (Å²) in [5.41, 5.74) is 0.905. The standard InChI is InChI=1S/C12H16N2O/c1-10(14(2)9-8-13)12(15)11-6-4-3-5-7-11/h3-7,10,12,15H,9H2,1-2H3/p+1/t10-,12+/m1/s1. The van der Waals surface area contributed by atoms with Crippen LogP contribution in [0.4, 0.5) is 0 Å². The fourth-order valence-electron chi connectivity index (χ4n) is 1.49. The minimum Gasteiger partial charge on any atom is -0.382 e. The highest BCUT2D eigenvalue weighted by molar-refractivity contribution is 5.17. The molecule has 2 N–H and O–H groups in total. The van der Waals surface area contributed by atoms with Crippen LogP contribution in [0.15, 0.2) is 30.3 Å². The van der Waals surface area contributed by atoms with Crippen molar-refractivity contribution in [3.8, 4) is 6.07 Å². The molecule has 1 aromatic carbocycles. The molecule has 0 fully saturated rings. The maximum absolute atomic E-state index is 10.1. The highest BCUT2D eigenvalue weighted by Crippen LogP contribution is 2.13. The van der Waals surface area contributed by atoms with Crippen LogP contribution in [0.25, 0.3) is 0 Å². The summed E-state index contributed by atoms with van der Waals surface area (Å²) in [5.74, 6) is 0. The second-order valence-corrected chi connectivity index (χ2v) is 3.83. The smallest absolute Gasteiger partial charge is 0.165 e. The van der Waals surface area contributed by atoms with Gasteiger partial charge in [-0.05, 0) is 12.5 Å². The first-order chi connectivity index (χ1) is 7.16. The van der Waals surface area contributed by atoms with Crippen molar-refractivity contribution in [3.05, 3.63) is 35.9 Å². The number of aliphatic hydroxyl groups is 1. The summed E-state index contributed by atoms with van der Waals surface area (Å²) < 4.78 is 0. The van der Waals surface area contributed by atoms with Crippen molar-refractivity contribution in [2.24, 2.45) is 0 Å². The maximum Gasteiger partial charge on any atom is 0.165 e. The number of likely N-dealkylation sites (N-methyl/N-ethyl adjacent to an activating group) is 1. The molecule has 1 aromatic rings. The number of hydrogen-bond acceptors (Lipinski definition) is 2. The first-order valence-corrected chi connectivity index (χ1v) is 5.09. The molecule has 1 unspecified atom stereocenters. The lowest BCUT2D eigenvalue weighted by molar-refractivity contribution is -0.901. The summed E-state index contributed by atoms with van der Waals surface area (Å²) in [6.07, 6.45) is -0.514. The van der Waals surface area contributed by atoms with Crippen LogP contribution in [0.5, 0.6) is 0 Å². The van der Waals surface area contributed by atoms with Gasteiger partial charge in [0.2, 0.25) is 0 Å². The van der Waals surface area contributed by atoms with E-state index >= 15 is 0 Å². The number of nitrogens with zero attached hydrogens (tertiary/aromatic N) is 1. The zero-order valence-corrected chi connectivity index (χ0v) is 9.14. The lowest BCUT2D eigenvalue weighted by Crippen LogP contribution is -3.13. The van der Waals surface area contributed by atoms with Crippen LogP contribution in [0.3, 0.4) is 0 Å². The average molecular weight is 205 g/mol. The summed E-state index contributed by atoms with van der Waals surface area (Å²) in [6.45, 7) is 2.36. The minimum atomic E-state index is -0.514. The minimum absolute atomic E-state index is 0.0204. The molecule has 0 aliphatic carbocycles. The van der Waals surface area contributed by atoms with E-state index in [0.717, 1.165) is 10.5 Å². The Morgan fingerprint density at radius 2 is 2.00 bits per heavy atom. The molecule has 0 bridgehead atoms. The summed E-state index contributed by atoms with van der Waals surface area (Å²) in [6, 6.07) is 11.7. The van der Waals surface area contributed by atoms with Gasteiger partial charge in [0.05, 0.1) is 7.05 Å². The fraction of sp³-hybridized carbons (Fsp3) is 0.417. The Hall–Kier alpha value is -1.37. The van der Waals surface area contributed by atoms with Crippen LogP contribution in [-0.4, -0.2) is 24.7 Å². The van der Waals surface area contributed by atoms with Crippen molar-refractivity contribution in [3.63, 3.8) is 0 Å². The molecule has 0 aliphatic rings. The summed E-state index contributed by atoms with van der Waals surface area (Å²) >= 11 is 0. The predicted octanol–water partition coefficient (Wildman–Crippen LogP) is 0.147. The molecule has 0 radical (unpaired) electrons. The van der Waals surface area contributed by atoms with Crippen molar-refractivity contribution < 1.29 is 10.0 Å². The molecule has 3 nitrogen and oxygen atoms in total. The Bertz CT molecular complexity index is 331. The molecule has 0 spiro atoms. The molecule has 0 aliphatic heterocycles. The lowest BCUT2D eigenvalue weighted by atomic mass is 10.0. The normalized spacial score (nSPS) is 16.4. The molecule has 0 heterocycles. The van der Waals surface area contributed by atoms with Crippen molar-refractivity contribution in [2.75, 3.05) is 13.6 Å². The van der Waals surface area contributed by atoms with Crippen molar-refractivity contribution in [1.82, 2.24) is 0 Å². The van der Waals surface area contributed by atoms with Crippen molar-refractivity contribution in [1.29, 1.82) is 5.26 Å². The maximum atomic E-state index is 10.1. The SMILES string of the molecule is C[C@H]([C@H](O)c1ccccc1)[NH+](C)CC#N. The largest absolute Gasteiger partial charge is 0.382 e. The van der Waals surface area contributed by atoms with E-state index in [-0.39, 0.29) is 6.04 Å². The molecule has 0 saturated carbocycles. The first-order valence-electron chi connectivity index (χ1n) is 5.09. The second-order valence-electron chi connectivity index (χ2n) is 3.83. The van der Waals surface area contributed by atoms with E-state index in [4.69, 9.17) is 5.26 Å². The number of nitrogens with one attached hydrogen (secondary N) is 1. The number of benzene rings is 1.